The van der Waals surface area contributed by atoms with Crippen LogP contribution in [0.25, 0.3) is 10.9 Å². The van der Waals surface area contributed by atoms with Crippen LogP contribution in [0.3, 0.4) is 0 Å². The lowest BCUT2D eigenvalue weighted by Crippen LogP contribution is -2.58. The maximum absolute atomic E-state index is 13.2. The highest BCUT2D eigenvalue weighted by Crippen LogP contribution is 2.19. The van der Waals surface area contributed by atoms with Gasteiger partial charge in [-0.2, -0.15) is 0 Å². The number of nitrogens with two attached hydrogens (primary N) is 1. The minimum Gasteiger partial charge on any atom is -0.480 e. The number of aromatic nitrogens is 3. The zero-order valence-corrected chi connectivity index (χ0v) is 20.1. The summed E-state index contributed by atoms with van der Waals surface area (Å²) in [5.74, 6) is -3.28. The van der Waals surface area contributed by atoms with E-state index in [4.69, 9.17) is 5.73 Å². The minimum absolute atomic E-state index is 0.0344. The molecule has 12 nitrogen and oxygen atoms in total. The van der Waals surface area contributed by atoms with Gasteiger partial charge in [0.15, 0.2) is 0 Å². The number of benzene rings is 1. The molecule has 12 heteroatoms. The molecule has 0 aliphatic carbocycles. The maximum atomic E-state index is 13.2. The topological polar surface area (TPSA) is 195 Å². The fourth-order valence-corrected chi connectivity index (χ4v) is 3.85. The van der Waals surface area contributed by atoms with Crippen LogP contribution in [-0.2, 0) is 32.0 Å². The predicted molar refractivity (Wildman–Crippen MR) is 132 cm³/mol. The van der Waals surface area contributed by atoms with Crippen molar-refractivity contribution in [3.63, 3.8) is 0 Å². The van der Waals surface area contributed by atoms with E-state index in [1.54, 1.807) is 20.0 Å². The standard InChI is InChI=1S/C24H31N7O5/c1-13(2)21(31-20(32)9-25)23(34)29-18(8-15-11-26-12-28-15)22(33)30-19(24(35)36)7-14-10-27-17-6-4-3-5-16(14)17/h3-6,10-13,18-19,21,27H,7-9,25H2,1-2H3,(H,26,28)(H,29,34)(H,30,33)(H,31,32)(H,35,36). The van der Waals surface area contributed by atoms with E-state index in [2.05, 4.69) is 30.9 Å². The van der Waals surface area contributed by atoms with Gasteiger partial charge in [-0.25, -0.2) is 9.78 Å². The number of nitrogens with one attached hydrogen (secondary N) is 5. The smallest absolute Gasteiger partial charge is 0.326 e. The number of carboxylic acid groups (broad SMARTS) is 1. The molecule has 0 radical (unpaired) electrons. The van der Waals surface area contributed by atoms with Crippen LogP contribution in [0.4, 0.5) is 0 Å². The van der Waals surface area contributed by atoms with Crippen molar-refractivity contribution < 1.29 is 24.3 Å². The van der Waals surface area contributed by atoms with Gasteiger partial charge in [0.1, 0.15) is 18.1 Å². The molecule has 0 saturated carbocycles. The number of hydrogen-bond acceptors (Lipinski definition) is 6. The third-order valence-electron chi connectivity index (χ3n) is 5.78. The van der Waals surface area contributed by atoms with E-state index >= 15 is 0 Å². The summed E-state index contributed by atoms with van der Waals surface area (Å²) in [6.45, 7) is 3.20. The molecule has 36 heavy (non-hydrogen) atoms. The second-order valence-corrected chi connectivity index (χ2v) is 8.80. The lowest BCUT2D eigenvalue weighted by Gasteiger charge is -2.26. The Hall–Kier alpha value is -4.19. The highest BCUT2D eigenvalue weighted by Gasteiger charge is 2.31. The lowest BCUT2D eigenvalue weighted by atomic mass is 10.0. The number of aliphatic carboxylic acids is 1. The van der Waals surface area contributed by atoms with Crippen LogP contribution in [-0.4, -0.2) is 68.4 Å². The molecule has 0 saturated heterocycles. The minimum atomic E-state index is -1.24. The SMILES string of the molecule is CC(C)C(NC(=O)CN)C(=O)NC(Cc1cnc[nH]1)C(=O)NC(Cc1c[nH]c2ccccc12)C(=O)O. The lowest BCUT2D eigenvalue weighted by molar-refractivity contribution is -0.142. The van der Waals surface area contributed by atoms with Gasteiger partial charge in [-0.15, -0.1) is 0 Å². The summed E-state index contributed by atoms with van der Waals surface area (Å²) in [6, 6.07) is 4.15. The van der Waals surface area contributed by atoms with E-state index in [0.29, 0.717) is 5.69 Å². The molecule has 8 N–H and O–H groups in total. The van der Waals surface area contributed by atoms with Crippen molar-refractivity contribution in [2.45, 2.75) is 44.8 Å². The summed E-state index contributed by atoms with van der Waals surface area (Å²) in [5.41, 5.74) is 7.50. The van der Waals surface area contributed by atoms with Crippen molar-refractivity contribution in [3.05, 3.63) is 54.2 Å². The number of H-pyrrole nitrogens is 2. The van der Waals surface area contributed by atoms with Gasteiger partial charge in [0, 0.05) is 41.8 Å². The fourth-order valence-electron chi connectivity index (χ4n) is 3.85. The van der Waals surface area contributed by atoms with Gasteiger partial charge in [-0.1, -0.05) is 32.0 Å². The van der Waals surface area contributed by atoms with Crippen LogP contribution in [0.2, 0.25) is 0 Å². The number of fused-ring (bicyclic) bond motifs is 1. The summed E-state index contributed by atoms with van der Waals surface area (Å²) >= 11 is 0. The molecular formula is C24H31N7O5. The molecule has 2 heterocycles. The van der Waals surface area contributed by atoms with Crippen LogP contribution in [0.5, 0.6) is 0 Å². The number of hydrogen-bond donors (Lipinski definition) is 7. The van der Waals surface area contributed by atoms with Gasteiger partial charge in [0.2, 0.25) is 17.7 Å². The molecule has 3 amide bonds. The van der Waals surface area contributed by atoms with Gasteiger partial charge in [0.25, 0.3) is 0 Å². The number of carboxylic acids is 1. The van der Waals surface area contributed by atoms with E-state index in [0.717, 1.165) is 16.5 Å². The average molecular weight is 498 g/mol. The van der Waals surface area contributed by atoms with Gasteiger partial charge < -0.3 is 36.8 Å². The number of rotatable bonds is 12. The van der Waals surface area contributed by atoms with E-state index in [-0.39, 0.29) is 25.3 Å². The molecule has 2 aromatic heterocycles. The molecule has 0 aliphatic heterocycles. The maximum Gasteiger partial charge on any atom is 0.326 e. The number of carbonyl (C=O) groups is 4. The molecule has 3 unspecified atom stereocenters. The van der Waals surface area contributed by atoms with E-state index in [9.17, 15) is 24.3 Å². The average Bonchev–Trinajstić information content (AvgIpc) is 3.51. The van der Waals surface area contributed by atoms with E-state index in [1.165, 1.54) is 12.5 Å². The molecule has 0 bridgehead atoms. The van der Waals surface area contributed by atoms with Crippen molar-refractivity contribution in [1.29, 1.82) is 0 Å². The van der Waals surface area contributed by atoms with Crippen molar-refractivity contribution in [3.8, 4) is 0 Å². The zero-order valence-electron chi connectivity index (χ0n) is 20.1. The Bertz CT molecular complexity index is 1200. The molecule has 3 atom stereocenters. The zero-order chi connectivity index (χ0) is 26.2. The first-order valence-electron chi connectivity index (χ1n) is 11.5. The van der Waals surface area contributed by atoms with E-state index < -0.39 is 41.8 Å². The van der Waals surface area contributed by atoms with Crippen LogP contribution >= 0.6 is 0 Å². The van der Waals surface area contributed by atoms with Crippen molar-refractivity contribution >= 4 is 34.6 Å². The quantitative estimate of drug-likeness (QED) is 0.180. The van der Waals surface area contributed by atoms with Crippen molar-refractivity contribution in [2.75, 3.05) is 6.54 Å². The van der Waals surface area contributed by atoms with Crippen LogP contribution in [0.15, 0.2) is 43.0 Å². The second-order valence-electron chi connectivity index (χ2n) is 8.80. The van der Waals surface area contributed by atoms with Gasteiger partial charge in [0.05, 0.1) is 12.9 Å². The number of para-hydroxylation sites is 1. The Balaban J connectivity index is 1.78. The first kappa shape index (κ1) is 26.4. The molecular weight excluding hydrogens is 466 g/mol. The number of amides is 3. The number of imidazole rings is 1. The van der Waals surface area contributed by atoms with Gasteiger partial charge in [-0.05, 0) is 17.5 Å². The third kappa shape index (κ3) is 6.69. The molecule has 3 aromatic rings. The summed E-state index contributed by atoms with van der Waals surface area (Å²) < 4.78 is 0. The summed E-state index contributed by atoms with van der Waals surface area (Å²) in [5, 5.41) is 18.4. The molecule has 1 aromatic carbocycles. The van der Waals surface area contributed by atoms with Crippen molar-refractivity contribution in [1.82, 2.24) is 30.9 Å². The Morgan fingerprint density at radius 2 is 1.72 bits per heavy atom. The predicted octanol–water partition coefficient (Wildman–Crippen LogP) is -0.170. The number of aromatic amines is 2. The Labute approximate surface area is 207 Å². The number of nitrogens with zero attached hydrogens (tertiary/aromatic N) is 1. The molecule has 0 fully saturated rings. The van der Waals surface area contributed by atoms with Crippen LogP contribution in [0, 0.1) is 5.92 Å². The second kappa shape index (κ2) is 12.0. The summed E-state index contributed by atoms with van der Waals surface area (Å²) in [4.78, 5) is 60.0. The molecule has 192 valence electrons. The van der Waals surface area contributed by atoms with Gasteiger partial charge in [-0.3, -0.25) is 14.4 Å². The monoisotopic (exact) mass is 497 g/mol. The fraction of sp³-hybridized carbons (Fsp3) is 0.375. The van der Waals surface area contributed by atoms with Crippen molar-refractivity contribution in [2.24, 2.45) is 11.7 Å². The highest BCUT2D eigenvalue weighted by atomic mass is 16.4. The molecule has 0 aliphatic rings. The van der Waals surface area contributed by atoms with Crippen LogP contribution in [0.1, 0.15) is 25.1 Å². The third-order valence-corrected chi connectivity index (χ3v) is 5.78. The summed E-state index contributed by atoms with van der Waals surface area (Å²) in [7, 11) is 0. The molecule has 0 spiro atoms. The Morgan fingerprint density at radius 1 is 1.00 bits per heavy atom. The Morgan fingerprint density at radius 3 is 2.36 bits per heavy atom. The first-order valence-corrected chi connectivity index (χ1v) is 11.5. The van der Waals surface area contributed by atoms with Gasteiger partial charge >= 0.3 is 5.97 Å². The van der Waals surface area contributed by atoms with E-state index in [1.807, 2.05) is 24.3 Å². The first-order chi connectivity index (χ1) is 17.2. The number of carbonyl (C=O) groups excluding carboxylic acids is 3. The Kier molecular flexibility index (Phi) is 8.79. The molecule has 3 rings (SSSR count). The van der Waals surface area contributed by atoms with Crippen LogP contribution < -0.4 is 21.7 Å². The normalized spacial score (nSPS) is 13.7. The summed E-state index contributed by atoms with van der Waals surface area (Å²) in [6.07, 6.45) is 4.72. The highest BCUT2D eigenvalue weighted by molar-refractivity contribution is 5.94. The largest absolute Gasteiger partial charge is 0.480 e.